The van der Waals surface area contributed by atoms with Crippen molar-refractivity contribution in [3.05, 3.63) is 21.9 Å². The maximum atomic E-state index is 11.9. The summed E-state index contributed by atoms with van der Waals surface area (Å²) in [5.74, 6) is -0.0673. The molecule has 98 valence electrons. The number of carbonyl (C=O) groups excluding carboxylic acids is 2. The molecule has 0 radical (unpaired) electrons. The highest BCUT2D eigenvalue weighted by Crippen LogP contribution is 2.17. The summed E-state index contributed by atoms with van der Waals surface area (Å²) in [4.78, 5) is 26.5. The molecule has 2 amide bonds. The maximum absolute atomic E-state index is 11.9. The molecule has 0 bridgehead atoms. The quantitative estimate of drug-likeness (QED) is 0.760. The predicted molar refractivity (Wildman–Crippen MR) is 69.8 cm³/mol. The van der Waals surface area contributed by atoms with E-state index in [2.05, 4.69) is 5.32 Å². The molecule has 1 aliphatic rings. The fourth-order valence-electron chi connectivity index (χ4n) is 2.12. The van der Waals surface area contributed by atoms with Crippen molar-refractivity contribution >= 4 is 23.7 Å². The molecule has 1 aromatic heterocycles. The molecule has 5 nitrogen and oxygen atoms in total. The average molecular weight is 267 g/mol. The number of hydrogen-bond acceptors (Lipinski definition) is 4. The number of carbonyl (C=O) groups is 2. The fourth-order valence-corrected chi connectivity index (χ4v) is 2.95. The molecule has 0 aliphatic carbocycles. The van der Waals surface area contributed by atoms with Gasteiger partial charge in [0, 0.05) is 22.8 Å². The second-order valence-corrected chi connectivity index (χ2v) is 5.54. The van der Waals surface area contributed by atoms with Crippen molar-refractivity contribution in [2.24, 2.45) is 5.73 Å². The van der Waals surface area contributed by atoms with Gasteiger partial charge in [0.15, 0.2) is 0 Å². The minimum Gasteiger partial charge on any atom is -0.349 e. The first-order valence-corrected chi connectivity index (χ1v) is 6.82. The standard InChI is InChI=1S/C12H17N3O2S/c13-6-9-3-4-10(18-9)7-14-12(17)11-2-1-5-15(11)8-16/h3-4,8,11H,1-2,5-7,13H2,(H,14,17). The third-order valence-corrected chi connectivity index (χ3v) is 4.20. The Kier molecular flexibility index (Phi) is 4.33. The Labute approximate surface area is 110 Å². The minimum atomic E-state index is -0.295. The van der Waals surface area contributed by atoms with Crippen molar-refractivity contribution in [3.8, 4) is 0 Å². The smallest absolute Gasteiger partial charge is 0.243 e. The van der Waals surface area contributed by atoms with Crippen LogP contribution in [0.25, 0.3) is 0 Å². The lowest BCUT2D eigenvalue weighted by molar-refractivity contribution is -0.131. The van der Waals surface area contributed by atoms with Gasteiger partial charge in [-0.3, -0.25) is 9.59 Å². The van der Waals surface area contributed by atoms with E-state index >= 15 is 0 Å². The zero-order valence-corrected chi connectivity index (χ0v) is 10.9. The van der Waals surface area contributed by atoms with E-state index in [9.17, 15) is 9.59 Å². The third kappa shape index (κ3) is 2.88. The van der Waals surface area contributed by atoms with Crippen LogP contribution in [0.4, 0.5) is 0 Å². The first-order chi connectivity index (χ1) is 8.74. The predicted octanol–water partition coefficient (Wildman–Crippen LogP) is 0.444. The molecule has 1 saturated heterocycles. The number of likely N-dealkylation sites (tertiary alicyclic amines) is 1. The highest BCUT2D eigenvalue weighted by atomic mass is 32.1. The number of nitrogens with zero attached hydrogens (tertiary/aromatic N) is 1. The lowest BCUT2D eigenvalue weighted by Gasteiger charge is -2.18. The third-order valence-electron chi connectivity index (χ3n) is 3.09. The van der Waals surface area contributed by atoms with E-state index in [4.69, 9.17) is 5.73 Å². The normalized spacial score (nSPS) is 18.9. The number of nitrogens with two attached hydrogens (primary N) is 1. The van der Waals surface area contributed by atoms with Crippen molar-refractivity contribution in [3.63, 3.8) is 0 Å². The van der Waals surface area contributed by atoms with Crippen LogP contribution >= 0.6 is 11.3 Å². The van der Waals surface area contributed by atoms with Crippen LogP contribution < -0.4 is 11.1 Å². The molecule has 1 atom stereocenters. The topological polar surface area (TPSA) is 75.4 Å². The van der Waals surface area contributed by atoms with Crippen LogP contribution in [0.3, 0.4) is 0 Å². The van der Waals surface area contributed by atoms with Crippen LogP contribution in [0, 0.1) is 0 Å². The summed E-state index contributed by atoms with van der Waals surface area (Å²) in [6.45, 7) is 1.71. The SMILES string of the molecule is NCc1ccc(CNC(=O)C2CCCN2C=O)s1. The maximum Gasteiger partial charge on any atom is 0.243 e. The molecule has 1 aromatic rings. The van der Waals surface area contributed by atoms with Crippen LogP contribution in [0.5, 0.6) is 0 Å². The Morgan fingerprint density at radius 2 is 2.33 bits per heavy atom. The number of rotatable bonds is 5. The highest BCUT2D eigenvalue weighted by molar-refractivity contribution is 7.11. The zero-order valence-electron chi connectivity index (χ0n) is 10.1. The van der Waals surface area contributed by atoms with E-state index < -0.39 is 0 Å². The first kappa shape index (κ1) is 13.0. The van der Waals surface area contributed by atoms with Gasteiger partial charge in [-0.25, -0.2) is 0 Å². The molecule has 0 aromatic carbocycles. The molecule has 1 unspecified atom stereocenters. The van der Waals surface area contributed by atoms with Gasteiger partial charge in [-0.2, -0.15) is 0 Å². The number of nitrogens with one attached hydrogen (secondary N) is 1. The van der Waals surface area contributed by atoms with Gasteiger partial charge in [-0.15, -0.1) is 11.3 Å². The first-order valence-electron chi connectivity index (χ1n) is 6.01. The molecular weight excluding hydrogens is 250 g/mol. The van der Waals surface area contributed by atoms with Gasteiger partial charge in [0.25, 0.3) is 0 Å². The molecule has 2 rings (SSSR count). The van der Waals surface area contributed by atoms with Crippen molar-refractivity contribution in [2.75, 3.05) is 6.54 Å². The van der Waals surface area contributed by atoms with Crippen molar-refractivity contribution in [1.82, 2.24) is 10.2 Å². The van der Waals surface area contributed by atoms with Crippen LogP contribution in [0.2, 0.25) is 0 Å². The summed E-state index contributed by atoms with van der Waals surface area (Å²) in [7, 11) is 0. The number of thiophene rings is 1. The Morgan fingerprint density at radius 1 is 1.56 bits per heavy atom. The van der Waals surface area contributed by atoms with E-state index in [0.29, 0.717) is 19.6 Å². The summed E-state index contributed by atoms with van der Waals surface area (Å²) < 4.78 is 0. The molecule has 6 heteroatoms. The van der Waals surface area contributed by atoms with Crippen LogP contribution in [0.1, 0.15) is 22.6 Å². The lowest BCUT2D eigenvalue weighted by Crippen LogP contribution is -2.42. The average Bonchev–Trinajstić information content (AvgIpc) is 3.04. The van der Waals surface area contributed by atoms with Crippen molar-refractivity contribution in [1.29, 1.82) is 0 Å². The zero-order chi connectivity index (χ0) is 13.0. The Bertz CT molecular complexity index is 433. The van der Waals surface area contributed by atoms with E-state index in [-0.39, 0.29) is 11.9 Å². The van der Waals surface area contributed by atoms with E-state index in [0.717, 1.165) is 29.0 Å². The highest BCUT2D eigenvalue weighted by Gasteiger charge is 2.29. The minimum absolute atomic E-state index is 0.0673. The molecule has 1 fully saturated rings. The van der Waals surface area contributed by atoms with E-state index in [1.165, 1.54) is 0 Å². The molecule has 0 saturated carbocycles. The summed E-state index contributed by atoms with van der Waals surface area (Å²) in [5.41, 5.74) is 5.53. The van der Waals surface area contributed by atoms with E-state index in [1.807, 2.05) is 12.1 Å². The number of amides is 2. The summed E-state index contributed by atoms with van der Waals surface area (Å²) in [6, 6.07) is 3.65. The Morgan fingerprint density at radius 3 is 3.00 bits per heavy atom. The molecule has 0 spiro atoms. The van der Waals surface area contributed by atoms with Gasteiger partial charge in [0.05, 0.1) is 6.54 Å². The monoisotopic (exact) mass is 267 g/mol. The van der Waals surface area contributed by atoms with Crippen molar-refractivity contribution in [2.45, 2.75) is 32.0 Å². The van der Waals surface area contributed by atoms with Gasteiger partial charge in [0.2, 0.25) is 12.3 Å². The summed E-state index contributed by atoms with van der Waals surface area (Å²) >= 11 is 1.60. The second kappa shape index (κ2) is 5.97. The summed E-state index contributed by atoms with van der Waals surface area (Å²) in [6.07, 6.45) is 2.41. The summed E-state index contributed by atoms with van der Waals surface area (Å²) in [5, 5.41) is 2.87. The fraction of sp³-hybridized carbons (Fsp3) is 0.500. The van der Waals surface area contributed by atoms with Crippen LogP contribution in [-0.4, -0.2) is 29.8 Å². The molecule has 3 N–H and O–H groups in total. The Hall–Kier alpha value is -1.40. The number of hydrogen-bond donors (Lipinski definition) is 2. The van der Waals surface area contributed by atoms with Gasteiger partial charge in [-0.1, -0.05) is 0 Å². The van der Waals surface area contributed by atoms with E-state index in [1.54, 1.807) is 16.2 Å². The lowest BCUT2D eigenvalue weighted by atomic mass is 10.2. The molecular formula is C12H17N3O2S. The largest absolute Gasteiger partial charge is 0.349 e. The van der Waals surface area contributed by atoms with Crippen LogP contribution in [-0.2, 0) is 22.7 Å². The molecule has 1 aliphatic heterocycles. The van der Waals surface area contributed by atoms with Crippen molar-refractivity contribution < 1.29 is 9.59 Å². The van der Waals surface area contributed by atoms with Gasteiger partial charge in [0.1, 0.15) is 6.04 Å². The van der Waals surface area contributed by atoms with Gasteiger partial charge in [-0.05, 0) is 25.0 Å². The molecule has 2 heterocycles. The Balaban J connectivity index is 1.86. The van der Waals surface area contributed by atoms with Gasteiger partial charge < -0.3 is 16.0 Å². The van der Waals surface area contributed by atoms with Crippen LogP contribution in [0.15, 0.2) is 12.1 Å². The second-order valence-electron chi connectivity index (χ2n) is 4.29. The molecule has 18 heavy (non-hydrogen) atoms. The van der Waals surface area contributed by atoms with Gasteiger partial charge >= 0.3 is 0 Å².